The Morgan fingerprint density at radius 1 is 1.20 bits per heavy atom. The lowest BCUT2D eigenvalue weighted by molar-refractivity contribution is -0.118. The van der Waals surface area contributed by atoms with Gasteiger partial charge in [0.25, 0.3) is 0 Å². The molecule has 0 saturated heterocycles. The summed E-state index contributed by atoms with van der Waals surface area (Å²) in [6.07, 6.45) is 3.23. The Balaban J connectivity index is 2.00. The Labute approximate surface area is 178 Å². The van der Waals surface area contributed by atoms with Gasteiger partial charge in [-0.3, -0.25) is 4.79 Å². The highest BCUT2D eigenvalue weighted by molar-refractivity contribution is 6.01. The fourth-order valence-corrected chi connectivity index (χ4v) is 4.76. The molecule has 30 heavy (non-hydrogen) atoms. The number of carbonyl (C=O) groups excluding carboxylic acids is 1. The third kappa shape index (κ3) is 3.21. The second-order valence-corrected chi connectivity index (χ2v) is 10.1. The molecule has 1 N–H and O–H groups in total. The average molecular weight is 404 g/mol. The zero-order chi connectivity index (χ0) is 21.8. The van der Waals surface area contributed by atoms with Gasteiger partial charge in [-0.05, 0) is 50.3 Å². The maximum Gasteiger partial charge on any atom is 0.162 e. The van der Waals surface area contributed by atoms with E-state index in [-0.39, 0.29) is 22.7 Å². The van der Waals surface area contributed by atoms with Gasteiger partial charge in [-0.1, -0.05) is 26.0 Å². The summed E-state index contributed by atoms with van der Waals surface area (Å²) in [5, 5.41) is 13.5. The minimum atomic E-state index is -0.260. The molecule has 2 aromatic rings. The van der Waals surface area contributed by atoms with Gasteiger partial charge in [0.2, 0.25) is 0 Å². The fraction of sp³-hybridized carbons (Fsp3) is 0.440. The van der Waals surface area contributed by atoms with Crippen LogP contribution in [-0.4, -0.2) is 17.5 Å². The monoisotopic (exact) mass is 403 g/mol. The zero-order valence-electron chi connectivity index (χ0n) is 18.6. The van der Waals surface area contributed by atoms with Crippen molar-refractivity contribution in [3.8, 4) is 11.8 Å². The molecule has 1 aromatic heterocycles. The zero-order valence-corrected chi connectivity index (χ0v) is 18.6. The van der Waals surface area contributed by atoms with Crippen molar-refractivity contribution in [1.29, 1.82) is 5.26 Å². The van der Waals surface area contributed by atoms with Crippen molar-refractivity contribution in [2.75, 3.05) is 12.4 Å². The van der Waals surface area contributed by atoms with Gasteiger partial charge in [-0.2, -0.15) is 5.26 Å². The van der Waals surface area contributed by atoms with Crippen LogP contribution in [0.1, 0.15) is 70.1 Å². The number of carbonyl (C=O) groups is 1. The van der Waals surface area contributed by atoms with Crippen LogP contribution in [0.5, 0.6) is 5.75 Å². The lowest BCUT2D eigenvalue weighted by Crippen LogP contribution is -2.35. The first kappa shape index (κ1) is 20.3. The number of allylic oxidation sites excluding steroid dienone is 2. The first-order chi connectivity index (χ1) is 14.1. The number of methoxy groups -OCH3 is 1. The van der Waals surface area contributed by atoms with Gasteiger partial charge < -0.3 is 14.6 Å². The summed E-state index contributed by atoms with van der Waals surface area (Å²) in [5.74, 6) is 1.59. The molecule has 0 amide bonds. The van der Waals surface area contributed by atoms with Crippen LogP contribution in [0, 0.1) is 16.7 Å². The molecule has 1 aliphatic heterocycles. The molecule has 0 unspecified atom stereocenters. The van der Waals surface area contributed by atoms with Crippen LogP contribution in [0.25, 0.3) is 0 Å². The quantitative estimate of drug-likeness (QED) is 0.736. The molecule has 5 heteroatoms. The molecule has 156 valence electrons. The standard InChI is InChI=1S/C25H29N3O2/c1-24(2,3)28-14-16(13-26)21-20(15-7-9-17(30-6)10-8-15)22-18(27-23(21)28)11-25(4,5)12-19(22)29/h7-10,14,20,27H,11-12H2,1-6H3/t20-/m0/s1. The van der Waals surface area contributed by atoms with Gasteiger partial charge in [0, 0.05) is 40.9 Å². The van der Waals surface area contributed by atoms with Crippen molar-refractivity contribution in [3.05, 3.63) is 58.4 Å². The largest absolute Gasteiger partial charge is 0.497 e. The van der Waals surface area contributed by atoms with Gasteiger partial charge in [0.1, 0.15) is 17.6 Å². The van der Waals surface area contributed by atoms with E-state index < -0.39 is 0 Å². The molecular weight excluding hydrogens is 374 g/mol. The summed E-state index contributed by atoms with van der Waals surface area (Å²) >= 11 is 0. The molecule has 0 radical (unpaired) electrons. The minimum Gasteiger partial charge on any atom is -0.497 e. The Kier molecular flexibility index (Phi) is 4.58. The van der Waals surface area contributed by atoms with Gasteiger partial charge in [-0.15, -0.1) is 0 Å². The van der Waals surface area contributed by atoms with Crippen LogP contribution in [-0.2, 0) is 10.3 Å². The van der Waals surface area contributed by atoms with Crippen LogP contribution in [0.15, 0.2) is 41.7 Å². The van der Waals surface area contributed by atoms with E-state index in [1.165, 1.54) is 0 Å². The van der Waals surface area contributed by atoms with E-state index in [0.717, 1.165) is 40.4 Å². The molecular formula is C25H29N3O2. The van der Waals surface area contributed by atoms with Gasteiger partial charge in [0.05, 0.1) is 12.7 Å². The predicted octanol–water partition coefficient (Wildman–Crippen LogP) is 5.32. The number of ketones is 1. The molecule has 0 saturated carbocycles. The first-order valence-electron chi connectivity index (χ1n) is 10.4. The number of aromatic nitrogens is 1. The Morgan fingerprint density at radius 3 is 2.43 bits per heavy atom. The second kappa shape index (κ2) is 6.77. The predicted molar refractivity (Wildman–Crippen MR) is 118 cm³/mol. The maximum absolute atomic E-state index is 13.4. The summed E-state index contributed by atoms with van der Waals surface area (Å²) < 4.78 is 7.46. The van der Waals surface area contributed by atoms with E-state index in [4.69, 9.17) is 4.74 Å². The van der Waals surface area contributed by atoms with Crippen molar-refractivity contribution < 1.29 is 9.53 Å². The highest BCUT2D eigenvalue weighted by Crippen LogP contribution is 2.51. The highest BCUT2D eigenvalue weighted by atomic mass is 16.5. The van der Waals surface area contributed by atoms with E-state index in [1.54, 1.807) is 7.11 Å². The number of Topliss-reactive ketones (excluding diaryl/α,β-unsaturated/α-hetero) is 1. The number of fused-ring (bicyclic) bond motifs is 1. The lowest BCUT2D eigenvalue weighted by atomic mass is 9.69. The number of nitrogens with zero attached hydrogens (tertiary/aromatic N) is 2. The third-order valence-corrected chi connectivity index (χ3v) is 6.10. The molecule has 4 rings (SSSR count). The van der Waals surface area contributed by atoms with Crippen molar-refractivity contribution >= 4 is 11.6 Å². The molecule has 0 spiro atoms. The number of hydrogen-bond donors (Lipinski definition) is 1. The summed E-state index contributed by atoms with van der Waals surface area (Å²) in [7, 11) is 1.64. The van der Waals surface area contributed by atoms with Crippen LogP contribution >= 0.6 is 0 Å². The van der Waals surface area contributed by atoms with E-state index in [2.05, 4.69) is 50.6 Å². The van der Waals surface area contributed by atoms with E-state index >= 15 is 0 Å². The molecule has 1 aliphatic carbocycles. The minimum absolute atomic E-state index is 0.0951. The number of rotatable bonds is 2. The van der Waals surface area contributed by atoms with E-state index in [9.17, 15) is 10.1 Å². The number of anilines is 1. The maximum atomic E-state index is 13.4. The molecule has 2 heterocycles. The summed E-state index contributed by atoms with van der Waals surface area (Å²) in [6, 6.07) is 10.2. The van der Waals surface area contributed by atoms with Crippen molar-refractivity contribution in [2.24, 2.45) is 5.41 Å². The lowest BCUT2D eigenvalue weighted by Gasteiger charge is -2.40. The number of ether oxygens (including phenoxy) is 1. The number of nitrogens with one attached hydrogen (secondary N) is 1. The Bertz CT molecular complexity index is 1090. The van der Waals surface area contributed by atoms with Crippen LogP contribution in [0.4, 0.5) is 5.82 Å². The molecule has 0 bridgehead atoms. The van der Waals surface area contributed by atoms with Gasteiger partial charge in [-0.25, -0.2) is 0 Å². The first-order valence-corrected chi connectivity index (χ1v) is 10.4. The molecule has 1 atom stereocenters. The molecule has 5 nitrogen and oxygen atoms in total. The summed E-state index contributed by atoms with van der Waals surface area (Å²) in [5.41, 5.74) is 3.99. The Morgan fingerprint density at radius 2 is 1.87 bits per heavy atom. The van der Waals surface area contributed by atoms with Crippen molar-refractivity contribution in [1.82, 2.24) is 4.57 Å². The van der Waals surface area contributed by atoms with Gasteiger partial charge in [0.15, 0.2) is 5.78 Å². The second-order valence-electron chi connectivity index (χ2n) is 10.1. The highest BCUT2D eigenvalue weighted by Gasteiger charge is 2.43. The molecule has 2 aliphatic rings. The van der Waals surface area contributed by atoms with Gasteiger partial charge >= 0.3 is 0 Å². The topological polar surface area (TPSA) is 67.0 Å². The van der Waals surface area contributed by atoms with Crippen LogP contribution < -0.4 is 10.1 Å². The number of nitriles is 1. The normalized spacial score (nSPS) is 20.2. The fourth-order valence-electron chi connectivity index (χ4n) is 4.76. The average Bonchev–Trinajstić information content (AvgIpc) is 3.04. The van der Waals surface area contributed by atoms with E-state index in [1.807, 2.05) is 30.5 Å². The van der Waals surface area contributed by atoms with Crippen molar-refractivity contribution in [3.63, 3.8) is 0 Å². The number of benzene rings is 1. The summed E-state index contributed by atoms with van der Waals surface area (Å²) in [6.45, 7) is 10.6. The van der Waals surface area contributed by atoms with E-state index in [0.29, 0.717) is 12.0 Å². The van der Waals surface area contributed by atoms with Crippen molar-refractivity contribution in [2.45, 2.75) is 58.9 Å². The van der Waals surface area contributed by atoms with Crippen LogP contribution in [0.2, 0.25) is 0 Å². The smallest absolute Gasteiger partial charge is 0.162 e. The number of hydrogen-bond acceptors (Lipinski definition) is 4. The third-order valence-electron chi connectivity index (χ3n) is 6.10. The van der Waals surface area contributed by atoms with Crippen LogP contribution in [0.3, 0.4) is 0 Å². The Hall–Kier alpha value is -3.00. The molecule has 0 fully saturated rings. The SMILES string of the molecule is COc1ccc([C@@H]2C3=C(CC(C)(C)CC3=O)Nc3c2c(C#N)cn3C(C)(C)C)cc1. The summed E-state index contributed by atoms with van der Waals surface area (Å²) in [4.78, 5) is 13.4. The molecule has 1 aromatic carbocycles.